The maximum atomic E-state index is 4.44. The second kappa shape index (κ2) is 2.02. The Labute approximate surface area is 65.7 Å². The Hall–Kier alpha value is -0.440. The lowest BCUT2D eigenvalue weighted by molar-refractivity contribution is 0.723. The van der Waals surface area contributed by atoms with Gasteiger partial charge in [-0.25, -0.2) is 4.98 Å². The van der Waals surface area contributed by atoms with E-state index in [0.717, 1.165) is 6.54 Å². The van der Waals surface area contributed by atoms with Crippen molar-refractivity contribution in [1.29, 1.82) is 0 Å². The molecule has 1 aromatic heterocycles. The van der Waals surface area contributed by atoms with E-state index >= 15 is 0 Å². The largest absolute Gasteiger partial charge is 0.334 e. The molecule has 10 heavy (non-hydrogen) atoms. The van der Waals surface area contributed by atoms with Crippen molar-refractivity contribution in [3.05, 3.63) is 18.2 Å². The molecule has 1 aliphatic heterocycles. The van der Waals surface area contributed by atoms with Crippen LogP contribution in [0.2, 0.25) is 0 Å². The molecule has 0 spiro atoms. The third kappa shape index (κ3) is 0.700. The van der Waals surface area contributed by atoms with E-state index in [-0.39, 0.29) is 0 Å². The first-order valence-electron chi connectivity index (χ1n) is 3.48. The van der Waals surface area contributed by atoms with Crippen LogP contribution in [-0.4, -0.2) is 14.8 Å². The van der Waals surface area contributed by atoms with Gasteiger partial charge in [-0.1, -0.05) is 6.92 Å². The molecule has 0 amide bonds. The number of hydrogen-bond acceptors (Lipinski definition) is 2. The van der Waals surface area contributed by atoms with Crippen LogP contribution in [0.5, 0.6) is 0 Å². The predicted octanol–water partition coefficient (Wildman–Crippen LogP) is 1.30. The predicted molar refractivity (Wildman–Crippen MR) is 43.4 cm³/mol. The first kappa shape index (κ1) is 6.28. The van der Waals surface area contributed by atoms with Crippen molar-refractivity contribution in [3.8, 4) is 0 Å². The second-order valence-corrected chi connectivity index (χ2v) is 3.46. The minimum Gasteiger partial charge on any atom is -0.334 e. The van der Waals surface area contributed by atoms with Crippen LogP contribution < -0.4 is 0 Å². The number of fused-ring (bicyclic) bond motifs is 1. The number of hydrogen-bond donors (Lipinski definition) is 1. The Morgan fingerprint density at radius 3 is 3.30 bits per heavy atom. The van der Waals surface area contributed by atoms with Gasteiger partial charge in [0.15, 0.2) is 0 Å². The molecule has 0 fully saturated rings. The maximum Gasteiger partial charge on any atom is 0.112 e. The summed E-state index contributed by atoms with van der Waals surface area (Å²) in [4.78, 5) is 4.24. The molecule has 0 N–H and O–H groups in total. The summed E-state index contributed by atoms with van der Waals surface area (Å²) in [6, 6.07) is 0. The van der Waals surface area contributed by atoms with Gasteiger partial charge >= 0.3 is 0 Å². The fraction of sp³-hybridized carbons (Fsp3) is 0.571. The maximum absolute atomic E-state index is 4.44. The Balaban J connectivity index is 2.43. The average Bonchev–Trinajstić information content (AvgIpc) is 2.41. The highest BCUT2D eigenvalue weighted by Crippen LogP contribution is 2.29. The minimum atomic E-state index is 0.462. The molecule has 0 aliphatic carbocycles. The van der Waals surface area contributed by atoms with Crippen LogP contribution in [0.25, 0.3) is 0 Å². The highest BCUT2D eigenvalue weighted by Gasteiger charge is 2.26. The van der Waals surface area contributed by atoms with Crippen LogP contribution in [-0.2, 0) is 6.54 Å². The fourth-order valence-corrected chi connectivity index (χ4v) is 1.72. The van der Waals surface area contributed by atoms with Gasteiger partial charge in [0.2, 0.25) is 0 Å². The van der Waals surface area contributed by atoms with Crippen LogP contribution in [0.3, 0.4) is 0 Å². The molecule has 0 saturated carbocycles. The molecule has 1 aliphatic rings. The summed E-state index contributed by atoms with van der Waals surface area (Å²) >= 11 is 4.44. The molecule has 54 valence electrons. The molecule has 3 heteroatoms. The first-order chi connectivity index (χ1) is 4.79. The molecule has 0 radical (unpaired) electrons. The summed E-state index contributed by atoms with van der Waals surface area (Å²) in [6.07, 6.45) is 3.87. The van der Waals surface area contributed by atoms with E-state index in [2.05, 4.69) is 29.1 Å². The molecular formula is C7H10N2S. The van der Waals surface area contributed by atoms with Crippen LogP contribution in [0, 0.1) is 0 Å². The Kier molecular flexibility index (Phi) is 1.27. The highest BCUT2D eigenvalue weighted by atomic mass is 32.1. The van der Waals surface area contributed by atoms with Crippen molar-refractivity contribution < 1.29 is 0 Å². The van der Waals surface area contributed by atoms with Crippen LogP contribution in [0.1, 0.15) is 18.7 Å². The van der Waals surface area contributed by atoms with E-state index in [1.807, 2.05) is 12.4 Å². The zero-order chi connectivity index (χ0) is 7.14. The van der Waals surface area contributed by atoms with Gasteiger partial charge in [-0.3, -0.25) is 0 Å². The van der Waals surface area contributed by atoms with Gasteiger partial charge in [0, 0.05) is 30.1 Å². The van der Waals surface area contributed by atoms with E-state index in [4.69, 9.17) is 0 Å². The van der Waals surface area contributed by atoms with Gasteiger partial charge in [-0.05, 0) is 0 Å². The SMILES string of the molecule is C[C@H]1c2nccn2C[C@H]1S. The van der Waals surface area contributed by atoms with Crippen molar-refractivity contribution in [3.63, 3.8) is 0 Å². The quantitative estimate of drug-likeness (QED) is 0.558. The first-order valence-corrected chi connectivity index (χ1v) is 4.00. The summed E-state index contributed by atoms with van der Waals surface area (Å²) in [7, 11) is 0. The molecule has 1 aromatic rings. The summed E-state index contributed by atoms with van der Waals surface area (Å²) in [5.74, 6) is 1.69. The van der Waals surface area contributed by atoms with Crippen molar-refractivity contribution in [1.82, 2.24) is 9.55 Å². The molecule has 0 unspecified atom stereocenters. The average molecular weight is 154 g/mol. The second-order valence-electron chi connectivity index (χ2n) is 2.79. The number of thiol groups is 1. The summed E-state index contributed by atoms with van der Waals surface area (Å²) in [5.41, 5.74) is 0. The standard InChI is InChI=1S/C7H10N2S/c1-5-6(10)4-9-3-2-8-7(5)9/h2-3,5-6,10H,4H2,1H3/t5-,6-/m1/s1. The number of aromatic nitrogens is 2. The van der Waals surface area contributed by atoms with E-state index in [1.165, 1.54) is 5.82 Å². The third-order valence-corrected chi connectivity index (χ3v) is 2.73. The minimum absolute atomic E-state index is 0.462. The summed E-state index contributed by atoms with van der Waals surface area (Å²) < 4.78 is 2.17. The lowest BCUT2D eigenvalue weighted by Crippen LogP contribution is -2.03. The summed E-state index contributed by atoms with van der Waals surface area (Å²) in [5, 5.41) is 0.462. The zero-order valence-corrected chi connectivity index (χ0v) is 6.75. The van der Waals surface area contributed by atoms with E-state index < -0.39 is 0 Å². The number of nitrogens with zero attached hydrogens (tertiary/aromatic N) is 2. The number of rotatable bonds is 0. The van der Waals surface area contributed by atoms with Crippen LogP contribution >= 0.6 is 12.6 Å². The smallest absolute Gasteiger partial charge is 0.112 e. The van der Waals surface area contributed by atoms with E-state index in [0.29, 0.717) is 11.2 Å². The highest BCUT2D eigenvalue weighted by molar-refractivity contribution is 7.81. The fourth-order valence-electron chi connectivity index (χ4n) is 1.41. The van der Waals surface area contributed by atoms with Crippen LogP contribution in [0.15, 0.2) is 12.4 Å². The van der Waals surface area contributed by atoms with E-state index in [1.54, 1.807) is 0 Å². The lowest BCUT2D eigenvalue weighted by Gasteiger charge is -2.03. The van der Waals surface area contributed by atoms with E-state index in [9.17, 15) is 0 Å². The molecule has 2 nitrogen and oxygen atoms in total. The van der Waals surface area contributed by atoms with Crippen molar-refractivity contribution in [2.45, 2.75) is 24.6 Å². The monoisotopic (exact) mass is 154 g/mol. The Morgan fingerprint density at radius 1 is 1.80 bits per heavy atom. The third-order valence-electron chi connectivity index (χ3n) is 2.12. The topological polar surface area (TPSA) is 17.8 Å². The van der Waals surface area contributed by atoms with Gasteiger partial charge in [-0.15, -0.1) is 0 Å². The summed E-state index contributed by atoms with van der Waals surface area (Å²) in [6.45, 7) is 3.18. The molecule has 0 bridgehead atoms. The van der Waals surface area contributed by atoms with Gasteiger partial charge in [0.1, 0.15) is 5.82 Å². The zero-order valence-electron chi connectivity index (χ0n) is 5.86. The van der Waals surface area contributed by atoms with Crippen molar-refractivity contribution in [2.75, 3.05) is 0 Å². The van der Waals surface area contributed by atoms with Gasteiger partial charge in [0.25, 0.3) is 0 Å². The Bertz CT molecular complexity index is 244. The molecule has 2 rings (SSSR count). The number of imidazole rings is 1. The molecule has 0 saturated heterocycles. The normalized spacial score (nSPS) is 30.6. The van der Waals surface area contributed by atoms with Gasteiger partial charge in [-0.2, -0.15) is 12.6 Å². The van der Waals surface area contributed by atoms with Crippen LogP contribution in [0.4, 0.5) is 0 Å². The molecule has 2 heterocycles. The van der Waals surface area contributed by atoms with Gasteiger partial charge in [0.05, 0.1) is 0 Å². The molecule has 0 aromatic carbocycles. The molecular weight excluding hydrogens is 144 g/mol. The van der Waals surface area contributed by atoms with Crippen molar-refractivity contribution in [2.24, 2.45) is 0 Å². The van der Waals surface area contributed by atoms with Gasteiger partial charge < -0.3 is 4.57 Å². The van der Waals surface area contributed by atoms with Crippen molar-refractivity contribution >= 4 is 12.6 Å². The molecule has 2 atom stereocenters. The lowest BCUT2D eigenvalue weighted by atomic mass is 10.1. The Morgan fingerprint density at radius 2 is 2.60 bits per heavy atom.